The molecule has 0 aromatic carbocycles. The van der Waals surface area contributed by atoms with Gasteiger partial charge in [-0.1, -0.05) is 0 Å². The van der Waals surface area contributed by atoms with Gasteiger partial charge in [0.25, 0.3) is 5.91 Å². The molecular weight excluding hydrogens is 281 g/mol. The van der Waals surface area contributed by atoms with E-state index in [0.717, 1.165) is 0 Å². The van der Waals surface area contributed by atoms with E-state index >= 15 is 0 Å². The number of imidazole rings is 1. The molecular formula is C8H12IN3O. The van der Waals surface area contributed by atoms with E-state index in [2.05, 4.69) is 29.3 Å². The molecule has 13 heavy (non-hydrogen) atoms. The van der Waals surface area contributed by atoms with Crippen molar-refractivity contribution in [3.8, 4) is 0 Å². The molecule has 5 heteroatoms. The highest BCUT2D eigenvalue weighted by molar-refractivity contribution is 14.1. The average molecular weight is 293 g/mol. The molecule has 4 nitrogen and oxygen atoms in total. The molecule has 1 heterocycles. The van der Waals surface area contributed by atoms with Gasteiger partial charge in [0.05, 0.1) is 29.2 Å². The van der Waals surface area contributed by atoms with E-state index in [1.165, 1.54) is 0 Å². The summed E-state index contributed by atoms with van der Waals surface area (Å²) >= 11 is 1.80. The number of nitrogens with zero attached hydrogens (tertiary/aromatic N) is 2. The van der Waals surface area contributed by atoms with Crippen molar-refractivity contribution in [2.75, 3.05) is 0 Å². The van der Waals surface area contributed by atoms with Crippen LogP contribution in [0, 0.1) is 0 Å². The third-order valence-electron chi connectivity index (χ3n) is 1.68. The van der Waals surface area contributed by atoms with Gasteiger partial charge in [-0.25, -0.2) is 4.98 Å². The summed E-state index contributed by atoms with van der Waals surface area (Å²) in [7, 11) is 0. The van der Waals surface area contributed by atoms with Crippen molar-refractivity contribution in [3.05, 3.63) is 18.2 Å². The lowest BCUT2D eigenvalue weighted by Crippen LogP contribution is -2.20. The Morgan fingerprint density at radius 1 is 1.62 bits per heavy atom. The number of carbonyl (C=O) groups excluding carboxylic acids is 1. The van der Waals surface area contributed by atoms with Crippen LogP contribution in [0.2, 0.25) is 0 Å². The van der Waals surface area contributed by atoms with Crippen LogP contribution in [0.5, 0.6) is 0 Å². The Balaban J connectivity index is 2.93. The predicted octanol–water partition coefficient (Wildman–Crippen LogP) is 1.72. The van der Waals surface area contributed by atoms with Crippen molar-refractivity contribution in [1.82, 2.24) is 13.1 Å². The summed E-state index contributed by atoms with van der Waals surface area (Å²) in [6.45, 7) is 6.17. The van der Waals surface area contributed by atoms with Crippen LogP contribution in [-0.4, -0.2) is 15.5 Å². The van der Waals surface area contributed by atoms with Crippen molar-refractivity contribution in [2.45, 2.75) is 26.3 Å². The van der Waals surface area contributed by atoms with E-state index in [-0.39, 0.29) is 11.4 Å². The van der Waals surface area contributed by atoms with Gasteiger partial charge in [0.15, 0.2) is 0 Å². The van der Waals surface area contributed by atoms with Crippen LogP contribution in [0.15, 0.2) is 12.5 Å². The van der Waals surface area contributed by atoms with Crippen LogP contribution in [0.25, 0.3) is 0 Å². The fourth-order valence-corrected chi connectivity index (χ4v) is 1.13. The molecule has 0 bridgehead atoms. The zero-order chi connectivity index (χ0) is 10.1. The first-order valence-corrected chi connectivity index (χ1v) is 4.98. The molecule has 0 aliphatic rings. The number of rotatable bonds is 1. The Labute approximate surface area is 91.2 Å². The first kappa shape index (κ1) is 10.5. The lowest BCUT2D eigenvalue weighted by atomic mass is 10.1. The maximum Gasteiger partial charge on any atom is 0.280 e. The molecule has 72 valence electrons. The van der Waals surface area contributed by atoms with Gasteiger partial charge in [-0.05, 0) is 20.8 Å². The van der Waals surface area contributed by atoms with E-state index < -0.39 is 0 Å². The van der Waals surface area contributed by atoms with Crippen LogP contribution >= 0.6 is 22.9 Å². The van der Waals surface area contributed by atoms with Crippen LogP contribution in [0.3, 0.4) is 0 Å². The molecule has 0 aliphatic heterocycles. The summed E-state index contributed by atoms with van der Waals surface area (Å²) < 4.78 is 4.41. The van der Waals surface area contributed by atoms with E-state index in [1.807, 2.05) is 4.57 Å². The van der Waals surface area contributed by atoms with E-state index in [4.69, 9.17) is 0 Å². The summed E-state index contributed by atoms with van der Waals surface area (Å²) in [5.41, 5.74) is 0.417. The predicted molar refractivity (Wildman–Crippen MR) is 58.7 cm³/mol. The largest absolute Gasteiger partial charge is 0.331 e. The van der Waals surface area contributed by atoms with Crippen LogP contribution in [0.1, 0.15) is 31.3 Å². The summed E-state index contributed by atoms with van der Waals surface area (Å²) in [5, 5.41) is 0. The number of amides is 1. The molecule has 0 unspecified atom stereocenters. The number of halogens is 1. The standard InChI is InChI=1S/C8H12IN3O/c1-8(2,3)12-4-6(10-5-12)7(13)11-9/h4-5H,1-3H3,(H,11,13). The second kappa shape index (κ2) is 3.65. The van der Waals surface area contributed by atoms with Gasteiger partial charge in [0, 0.05) is 11.7 Å². The summed E-state index contributed by atoms with van der Waals surface area (Å²) in [4.78, 5) is 15.2. The minimum atomic E-state index is -0.163. The first-order valence-electron chi connectivity index (χ1n) is 3.90. The van der Waals surface area contributed by atoms with Crippen LogP contribution in [-0.2, 0) is 5.54 Å². The maximum absolute atomic E-state index is 11.2. The third-order valence-corrected chi connectivity index (χ3v) is 2.17. The lowest BCUT2D eigenvalue weighted by molar-refractivity contribution is 0.0985. The first-order chi connectivity index (χ1) is 5.95. The Morgan fingerprint density at radius 2 is 2.23 bits per heavy atom. The van der Waals surface area contributed by atoms with E-state index in [9.17, 15) is 4.79 Å². The number of hydrogen-bond donors (Lipinski definition) is 1. The third kappa shape index (κ3) is 2.43. The molecule has 1 aromatic rings. The van der Waals surface area contributed by atoms with Gasteiger partial charge in [-0.3, -0.25) is 8.32 Å². The smallest absolute Gasteiger partial charge is 0.280 e. The van der Waals surface area contributed by atoms with Gasteiger partial charge in [0.2, 0.25) is 0 Å². The van der Waals surface area contributed by atoms with Crippen molar-refractivity contribution in [1.29, 1.82) is 0 Å². The van der Waals surface area contributed by atoms with Crippen molar-refractivity contribution < 1.29 is 4.79 Å². The Bertz CT molecular complexity index is 313. The van der Waals surface area contributed by atoms with Gasteiger partial charge in [0.1, 0.15) is 5.69 Å². The Hall–Kier alpha value is -0.590. The highest BCUT2D eigenvalue weighted by Crippen LogP contribution is 2.13. The molecule has 0 saturated carbocycles. The molecule has 0 atom stereocenters. The van der Waals surface area contributed by atoms with Crippen molar-refractivity contribution >= 4 is 28.8 Å². The van der Waals surface area contributed by atoms with Crippen molar-refractivity contribution in [3.63, 3.8) is 0 Å². The van der Waals surface area contributed by atoms with Crippen LogP contribution < -0.4 is 3.53 Å². The minimum absolute atomic E-state index is 0.0309. The zero-order valence-electron chi connectivity index (χ0n) is 7.84. The molecule has 0 fully saturated rings. The summed E-state index contributed by atoms with van der Waals surface area (Å²) in [6, 6.07) is 0. The second-order valence-electron chi connectivity index (χ2n) is 3.76. The SMILES string of the molecule is CC(C)(C)n1cnc(C(=O)NI)c1. The molecule has 1 aromatic heterocycles. The monoisotopic (exact) mass is 293 g/mol. The fourth-order valence-electron chi connectivity index (χ4n) is 0.855. The summed E-state index contributed by atoms with van der Waals surface area (Å²) in [6.07, 6.45) is 3.41. The Kier molecular flexibility index (Phi) is 2.94. The van der Waals surface area contributed by atoms with Crippen LogP contribution in [0.4, 0.5) is 0 Å². The maximum atomic E-state index is 11.2. The average Bonchev–Trinajstić information content (AvgIpc) is 2.50. The lowest BCUT2D eigenvalue weighted by Gasteiger charge is -2.19. The molecule has 1 N–H and O–H groups in total. The van der Waals surface area contributed by atoms with Gasteiger partial charge < -0.3 is 4.57 Å². The number of carbonyl (C=O) groups is 1. The molecule has 1 rings (SSSR count). The topological polar surface area (TPSA) is 46.9 Å². The normalized spacial score (nSPS) is 11.4. The fraction of sp³-hybridized carbons (Fsp3) is 0.500. The van der Waals surface area contributed by atoms with Gasteiger partial charge in [-0.2, -0.15) is 0 Å². The molecule has 0 aliphatic carbocycles. The molecule has 1 amide bonds. The minimum Gasteiger partial charge on any atom is -0.331 e. The number of hydrogen-bond acceptors (Lipinski definition) is 2. The Morgan fingerprint density at radius 3 is 2.62 bits per heavy atom. The second-order valence-corrected chi connectivity index (χ2v) is 4.30. The highest BCUT2D eigenvalue weighted by atomic mass is 127. The molecule has 0 radical (unpaired) electrons. The number of nitrogens with one attached hydrogen (secondary N) is 1. The molecule has 0 saturated heterocycles. The van der Waals surface area contributed by atoms with E-state index in [0.29, 0.717) is 5.69 Å². The van der Waals surface area contributed by atoms with E-state index in [1.54, 1.807) is 35.4 Å². The van der Waals surface area contributed by atoms with Gasteiger partial charge in [-0.15, -0.1) is 0 Å². The zero-order valence-corrected chi connectivity index (χ0v) is 9.99. The van der Waals surface area contributed by atoms with Gasteiger partial charge >= 0.3 is 0 Å². The van der Waals surface area contributed by atoms with Crippen molar-refractivity contribution in [2.24, 2.45) is 0 Å². The number of aromatic nitrogens is 2. The molecule has 0 spiro atoms. The highest BCUT2D eigenvalue weighted by Gasteiger charge is 2.15. The quantitative estimate of drug-likeness (QED) is 0.633. The summed E-state index contributed by atoms with van der Waals surface area (Å²) in [5.74, 6) is -0.163.